The summed E-state index contributed by atoms with van der Waals surface area (Å²) in [5.74, 6) is -0.497. The zero-order valence-corrected chi connectivity index (χ0v) is 16.8. The number of hydrogen-bond donors (Lipinski definition) is 1. The molecule has 0 unspecified atom stereocenters. The van der Waals surface area contributed by atoms with Crippen molar-refractivity contribution in [2.75, 3.05) is 0 Å². The van der Waals surface area contributed by atoms with Gasteiger partial charge in [0, 0.05) is 5.56 Å². The standard InChI is InChI=1S/C24H20N2O5/c1-16-6-4-7-17(12-16)15-31-21-10-3-2-8-18(21)13-20-22(27)25-24(29)26(23(20)28)14-19-9-5-11-30-19/h2-13H,14-15H2,1H3,(H,25,27,29). The summed E-state index contributed by atoms with van der Waals surface area (Å²) in [6.45, 7) is 2.27. The third kappa shape index (κ3) is 4.56. The van der Waals surface area contributed by atoms with Crippen LogP contribution in [0.5, 0.6) is 5.75 Å². The number of aryl methyl sites for hydroxylation is 1. The lowest BCUT2D eigenvalue weighted by Crippen LogP contribution is -2.53. The van der Waals surface area contributed by atoms with Gasteiger partial charge in [0.05, 0.1) is 12.8 Å². The molecule has 1 N–H and O–H groups in total. The van der Waals surface area contributed by atoms with Gasteiger partial charge in [0.1, 0.15) is 23.7 Å². The van der Waals surface area contributed by atoms with E-state index in [2.05, 4.69) is 5.32 Å². The highest BCUT2D eigenvalue weighted by Crippen LogP contribution is 2.24. The van der Waals surface area contributed by atoms with Crippen LogP contribution in [0.15, 0.2) is 76.9 Å². The van der Waals surface area contributed by atoms with Crippen LogP contribution < -0.4 is 10.1 Å². The zero-order valence-electron chi connectivity index (χ0n) is 16.8. The number of benzene rings is 2. The average molecular weight is 416 g/mol. The van der Waals surface area contributed by atoms with Crippen LogP contribution in [0.25, 0.3) is 6.08 Å². The van der Waals surface area contributed by atoms with E-state index in [0.29, 0.717) is 23.7 Å². The van der Waals surface area contributed by atoms with E-state index in [9.17, 15) is 14.4 Å². The Morgan fingerprint density at radius 2 is 1.87 bits per heavy atom. The summed E-state index contributed by atoms with van der Waals surface area (Å²) in [5.41, 5.74) is 2.53. The second-order valence-corrected chi connectivity index (χ2v) is 7.10. The smallest absolute Gasteiger partial charge is 0.331 e. The lowest BCUT2D eigenvalue weighted by molar-refractivity contribution is -0.130. The van der Waals surface area contributed by atoms with Crippen LogP contribution in [0.4, 0.5) is 4.79 Å². The van der Waals surface area contributed by atoms with E-state index >= 15 is 0 Å². The zero-order chi connectivity index (χ0) is 21.8. The maximum absolute atomic E-state index is 12.9. The molecule has 1 aliphatic rings. The van der Waals surface area contributed by atoms with Crippen molar-refractivity contribution in [3.05, 3.63) is 95.0 Å². The first-order chi connectivity index (χ1) is 15.0. The van der Waals surface area contributed by atoms with Gasteiger partial charge >= 0.3 is 6.03 Å². The molecule has 7 heteroatoms. The van der Waals surface area contributed by atoms with E-state index in [1.54, 1.807) is 30.3 Å². The van der Waals surface area contributed by atoms with Crippen LogP contribution in [-0.2, 0) is 22.7 Å². The molecule has 0 atom stereocenters. The Balaban J connectivity index is 1.58. The Bertz CT molecular complexity index is 1160. The van der Waals surface area contributed by atoms with E-state index in [1.807, 2.05) is 37.3 Å². The van der Waals surface area contributed by atoms with Crippen molar-refractivity contribution >= 4 is 23.9 Å². The highest BCUT2D eigenvalue weighted by Gasteiger charge is 2.36. The largest absolute Gasteiger partial charge is 0.488 e. The number of urea groups is 1. The molecule has 1 aromatic heterocycles. The van der Waals surface area contributed by atoms with E-state index in [1.165, 1.54) is 12.3 Å². The predicted octanol–water partition coefficient (Wildman–Crippen LogP) is 3.83. The summed E-state index contributed by atoms with van der Waals surface area (Å²) in [4.78, 5) is 38.4. The number of hydrogen-bond acceptors (Lipinski definition) is 5. The molecule has 0 aliphatic carbocycles. The van der Waals surface area contributed by atoms with Crippen molar-refractivity contribution in [2.45, 2.75) is 20.1 Å². The summed E-state index contributed by atoms with van der Waals surface area (Å²) >= 11 is 0. The molecule has 4 amide bonds. The summed E-state index contributed by atoms with van der Waals surface area (Å²) in [6, 6.07) is 17.6. The number of carbonyl (C=O) groups is 3. The van der Waals surface area contributed by atoms with E-state index < -0.39 is 17.8 Å². The average Bonchev–Trinajstić information content (AvgIpc) is 3.27. The molecular formula is C24H20N2O5. The van der Waals surface area contributed by atoms with Gasteiger partial charge in [-0.3, -0.25) is 19.8 Å². The first-order valence-corrected chi connectivity index (χ1v) is 9.70. The van der Waals surface area contributed by atoms with Gasteiger partial charge in [0.25, 0.3) is 11.8 Å². The van der Waals surface area contributed by atoms with Gasteiger partial charge in [-0.25, -0.2) is 4.79 Å². The van der Waals surface area contributed by atoms with Gasteiger partial charge < -0.3 is 9.15 Å². The fraction of sp³-hybridized carbons (Fsp3) is 0.125. The lowest BCUT2D eigenvalue weighted by atomic mass is 10.1. The van der Waals surface area contributed by atoms with Gasteiger partial charge in [-0.15, -0.1) is 0 Å². The number of imide groups is 2. The molecule has 0 saturated carbocycles. The Hall–Kier alpha value is -4.13. The number of carbonyl (C=O) groups excluding carboxylic acids is 3. The van der Waals surface area contributed by atoms with Gasteiger partial charge in [0.2, 0.25) is 0 Å². The lowest BCUT2D eigenvalue weighted by Gasteiger charge is -2.25. The molecule has 1 fully saturated rings. The first kappa shape index (κ1) is 20.2. The van der Waals surface area contributed by atoms with Gasteiger partial charge in [-0.05, 0) is 36.8 Å². The van der Waals surface area contributed by atoms with Crippen LogP contribution in [-0.4, -0.2) is 22.7 Å². The minimum absolute atomic E-state index is 0.0756. The van der Waals surface area contributed by atoms with Gasteiger partial charge in [-0.1, -0.05) is 48.0 Å². The molecule has 7 nitrogen and oxygen atoms in total. The van der Waals surface area contributed by atoms with Gasteiger partial charge in [0.15, 0.2) is 0 Å². The summed E-state index contributed by atoms with van der Waals surface area (Å²) < 4.78 is 11.2. The topological polar surface area (TPSA) is 88.8 Å². The predicted molar refractivity (Wildman–Crippen MR) is 113 cm³/mol. The third-order valence-corrected chi connectivity index (χ3v) is 4.78. The van der Waals surface area contributed by atoms with Crippen molar-refractivity contribution in [1.82, 2.24) is 10.2 Å². The van der Waals surface area contributed by atoms with Crippen LogP contribution >= 0.6 is 0 Å². The van der Waals surface area contributed by atoms with Crippen molar-refractivity contribution in [1.29, 1.82) is 0 Å². The second-order valence-electron chi connectivity index (χ2n) is 7.10. The van der Waals surface area contributed by atoms with Gasteiger partial charge in [-0.2, -0.15) is 0 Å². The van der Waals surface area contributed by atoms with Crippen LogP contribution in [0.2, 0.25) is 0 Å². The van der Waals surface area contributed by atoms with E-state index in [4.69, 9.17) is 9.15 Å². The van der Waals surface area contributed by atoms with E-state index in [0.717, 1.165) is 16.0 Å². The van der Waals surface area contributed by atoms with Crippen LogP contribution in [0.1, 0.15) is 22.5 Å². The maximum Gasteiger partial charge on any atom is 0.331 e. The highest BCUT2D eigenvalue weighted by atomic mass is 16.5. The molecule has 2 heterocycles. The molecule has 0 radical (unpaired) electrons. The normalized spacial score (nSPS) is 15.3. The number of amides is 4. The molecule has 0 bridgehead atoms. The number of para-hydroxylation sites is 1. The number of nitrogens with one attached hydrogen (secondary N) is 1. The number of rotatable bonds is 6. The molecule has 1 saturated heterocycles. The van der Waals surface area contributed by atoms with Crippen molar-refractivity contribution in [3.63, 3.8) is 0 Å². The first-order valence-electron chi connectivity index (χ1n) is 9.70. The summed E-state index contributed by atoms with van der Waals surface area (Å²) in [5, 5.41) is 2.20. The van der Waals surface area contributed by atoms with Crippen LogP contribution in [0, 0.1) is 6.92 Å². The SMILES string of the molecule is Cc1cccc(COc2ccccc2C=C2C(=O)NC(=O)N(Cc3ccco3)C2=O)c1. The molecule has 0 spiro atoms. The maximum atomic E-state index is 12.9. The number of furan rings is 1. The molecule has 1 aliphatic heterocycles. The molecule has 2 aromatic carbocycles. The summed E-state index contributed by atoms with van der Waals surface area (Å²) in [7, 11) is 0. The molecule has 4 rings (SSSR count). The Morgan fingerprint density at radius 3 is 2.65 bits per heavy atom. The van der Waals surface area contributed by atoms with Crippen molar-refractivity contribution in [2.24, 2.45) is 0 Å². The number of nitrogens with zero attached hydrogens (tertiary/aromatic N) is 1. The van der Waals surface area contributed by atoms with E-state index in [-0.39, 0.29) is 12.1 Å². The minimum Gasteiger partial charge on any atom is -0.488 e. The minimum atomic E-state index is -0.785. The Kier molecular flexibility index (Phi) is 5.66. The van der Waals surface area contributed by atoms with Crippen molar-refractivity contribution < 1.29 is 23.5 Å². The third-order valence-electron chi connectivity index (χ3n) is 4.78. The fourth-order valence-corrected chi connectivity index (χ4v) is 3.25. The monoisotopic (exact) mass is 416 g/mol. The van der Waals surface area contributed by atoms with Crippen molar-refractivity contribution in [3.8, 4) is 5.75 Å². The number of ether oxygens (including phenoxy) is 1. The summed E-state index contributed by atoms with van der Waals surface area (Å²) in [6.07, 6.45) is 2.89. The highest BCUT2D eigenvalue weighted by molar-refractivity contribution is 6.31. The second kappa shape index (κ2) is 8.71. The van der Waals surface area contributed by atoms with Crippen LogP contribution in [0.3, 0.4) is 0 Å². The molecular weight excluding hydrogens is 396 g/mol. The molecule has 31 heavy (non-hydrogen) atoms. The Labute approximate surface area is 178 Å². The molecule has 156 valence electrons. The number of barbiturate groups is 1. The Morgan fingerprint density at radius 1 is 1.03 bits per heavy atom. The molecule has 3 aromatic rings. The fourth-order valence-electron chi connectivity index (χ4n) is 3.25. The quantitative estimate of drug-likeness (QED) is 0.487.